The zero-order chi connectivity index (χ0) is 23.6. The van der Waals surface area contributed by atoms with Gasteiger partial charge in [-0.05, 0) is 35.2 Å². The molecule has 1 aromatic heterocycles. The van der Waals surface area contributed by atoms with Crippen molar-refractivity contribution in [1.82, 2.24) is 10.2 Å². The second-order valence-corrected chi connectivity index (χ2v) is 8.10. The fourth-order valence-corrected chi connectivity index (χ4v) is 3.94. The standard InChI is InChI=1S/C29H28N2O3/c32-27(19-18-23-11-4-1-5-12-23)31(22-24-13-6-2-7-14-24)28(25-15-8-3-9-16-25)29(33)30-21-26-17-10-20-34-26/h1-17,20,28H,18-19,21-22H2,(H,30,33). The number of aryl methyl sites for hydroxylation is 1. The Morgan fingerprint density at radius 1 is 0.765 bits per heavy atom. The van der Waals surface area contributed by atoms with Crippen LogP contribution in [0.15, 0.2) is 114 Å². The number of benzene rings is 3. The first kappa shape index (κ1) is 23.1. The number of hydrogen-bond donors (Lipinski definition) is 1. The summed E-state index contributed by atoms with van der Waals surface area (Å²) < 4.78 is 5.37. The normalized spacial score (nSPS) is 11.5. The summed E-state index contributed by atoms with van der Waals surface area (Å²) >= 11 is 0. The van der Waals surface area contributed by atoms with Crippen molar-refractivity contribution in [2.45, 2.75) is 32.0 Å². The van der Waals surface area contributed by atoms with E-state index in [1.165, 1.54) is 0 Å². The summed E-state index contributed by atoms with van der Waals surface area (Å²) in [6.07, 6.45) is 2.50. The van der Waals surface area contributed by atoms with Gasteiger partial charge in [-0.3, -0.25) is 9.59 Å². The molecule has 0 saturated heterocycles. The molecule has 4 rings (SSSR count). The summed E-state index contributed by atoms with van der Waals surface area (Å²) in [7, 11) is 0. The lowest BCUT2D eigenvalue weighted by atomic mass is 10.0. The van der Waals surface area contributed by atoms with Crippen LogP contribution in [-0.4, -0.2) is 16.7 Å². The van der Waals surface area contributed by atoms with Crippen LogP contribution in [0, 0.1) is 0 Å². The van der Waals surface area contributed by atoms with Crippen LogP contribution in [0.25, 0.3) is 0 Å². The minimum atomic E-state index is -0.764. The molecule has 0 radical (unpaired) electrons. The summed E-state index contributed by atoms with van der Waals surface area (Å²) in [5.74, 6) is 0.339. The maximum Gasteiger partial charge on any atom is 0.247 e. The average Bonchev–Trinajstić information content (AvgIpc) is 3.41. The lowest BCUT2D eigenvalue weighted by Gasteiger charge is -2.31. The van der Waals surface area contributed by atoms with Gasteiger partial charge in [0.25, 0.3) is 0 Å². The van der Waals surface area contributed by atoms with E-state index in [0.29, 0.717) is 25.1 Å². The lowest BCUT2D eigenvalue weighted by molar-refractivity contribution is -0.141. The predicted octanol–water partition coefficient (Wildman–Crippen LogP) is 5.30. The van der Waals surface area contributed by atoms with Gasteiger partial charge in [0.1, 0.15) is 11.8 Å². The molecule has 1 heterocycles. The number of carbonyl (C=O) groups is 2. The van der Waals surface area contributed by atoms with Crippen LogP contribution in [-0.2, 0) is 29.1 Å². The highest BCUT2D eigenvalue weighted by atomic mass is 16.3. The molecule has 0 fully saturated rings. The molecular weight excluding hydrogens is 424 g/mol. The van der Waals surface area contributed by atoms with E-state index >= 15 is 0 Å². The van der Waals surface area contributed by atoms with Gasteiger partial charge in [-0.15, -0.1) is 0 Å². The Bertz CT molecular complexity index is 1160. The van der Waals surface area contributed by atoms with E-state index in [2.05, 4.69) is 5.32 Å². The van der Waals surface area contributed by atoms with E-state index in [9.17, 15) is 9.59 Å². The number of carbonyl (C=O) groups excluding carboxylic acids is 2. The quantitative estimate of drug-likeness (QED) is 0.355. The maximum atomic E-state index is 13.6. The smallest absolute Gasteiger partial charge is 0.247 e. The van der Waals surface area contributed by atoms with Crippen molar-refractivity contribution in [2.24, 2.45) is 0 Å². The Labute approximate surface area is 200 Å². The van der Waals surface area contributed by atoms with Crippen molar-refractivity contribution in [2.75, 3.05) is 0 Å². The average molecular weight is 453 g/mol. The highest BCUT2D eigenvalue weighted by molar-refractivity contribution is 5.88. The molecule has 0 bridgehead atoms. The van der Waals surface area contributed by atoms with Crippen molar-refractivity contribution < 1.29 is 14.0 Å². The van der Waals surface area contributed by atoms with Crippen LogP contribution in [0.1, 0.15) is 34.9 Å². The summed E-state index contributed by atoms with van der Waals surface area (Å²) in [5.41, 5.74) is 2.83. The van der Waals surface area contributed by atoms with Crippen molar-refractivity contribution >= 4 is 11.8 Å². The maximum absolute atomic E-state index is 13.6. The Kier molecular flexibility index (Phi) is 7.90. The van der Waals surface area contributed by atoms with E-state index < -0.39 is 6.04 Å². The van der Waals surface area contributed by atoms with Crippen LogP contribution in [0.5, 0.6) is 0 Å². The third kappa shape index (κ3) is 6.23. The SMILES string of the molecule is O=C(NCc1ccco1)C(c1ccccc1)N(Cc1ccccc1)C(=O)CCc1ccccc1. The van der Waals surface area contributed by atoms with E-state index in [4.69, 9.17) is 4.42 Å². The van der Waals surface area contributed by atoms with Crippen LogP contribution in [0.3, 0.4) is 0 Å². The van der Waals surface area contributed by atoms with Gasteiger partial charge in [-0.25, -0.2) is 0 Å². The summed E-state index contributed by atoms with van der Waals surface area (Å²) in [5, 5.41) is 2.95. The Hall–Kier alpha value is -4.12. The highest BCUT2D eigenvalue weighted by Crippen LogP contribution is 2.25. The van der Waals surface area contributed by atoms with Crippen molar-refractivity contribution in [3.63, 3.8) is 0 Å². The van der Waals surface area contributed by atoms with Gasteiger partial charge in [-0.1, -0.05) is 91.0 Å². The monoisotopic (exact) mass is 452 g/mol. The number of amides is 2. The molecule has 5 heteroatoms. The number of furan rings is 1. The number of hydrogen-bond acceptors (Lipinski definition) is 3. The van der Waals surface area contributed by atoms with Gasteiger partial charge in [0.15, 0.2) is 0 Å². The molecule has 34 heavy (non-hydrogen) atoms. The molecule has 0 aliphatic carbocycles. The number of rotatable bonds is 10. The molecule has 3 aromatic carbocycles. The van der Waals surface area contributed by atoms with Crippen LogP contribution >= 0.6 is 0 Å². The van der Waals surface area contributed by atoms with Crippen molar-refractivity contribution in [1.29, 1.82) is 0 Å². The molecular formula is C29H28N2O3. The fraction of sp³-hybridized carbons (Fsp3) is 0.172. The molecule has 0 spiro atoms. The molecule has 1 N–H and O–H groups in total. The Balaban J connectivity index is 1.61. The molecule has 0 aliphatic rings. The molecule has 172 valence electrons. The van der Waals surface area contributed by atoms with E-state index in [0.717, 1.165) is 16.7 Å². The van der Waals surface area contributed by atoms with Crippen LogP contribution in [0.4, 0.5) is 0 Å². The first-order valence-corrected chi connectivity index (χ1v) is 11.4. The zero-order valence-corrected chi connectivity index (χ0v) is 19.0. The first-order valence-electron chi connectivity index (χ1n) is 11.4. The van der Waals surface area contributed by atoms with Gasteiger partial charge < -0.3 is 14.6 Å². The van der Waals surface area contributed by atoms with Crippen LogP contribution in [0.2, 0.25) is 0 Å². The molecule has 4 aromatic rings. The molecule has 0 saturated carbocycles. The lowest BCUT2D eigenvalue weighted by Crippen LogP contribution is -2.43. The first-order chi connectivity index (χ1) is 16.7. The zero-order valence-electron chi connectivity index (χ0n) is 19.0. The largest absolute Gasteiger partial charge is 0.467 e. The topological polar surface area (TPSA) is 62.6 Å². The van der Waals surface area contributed by atoms with Crippen molar-refractivity contribution in [3.05, 3.63) is 132 Å². The van der Waals surface area contributed by atoms with Gasteiger partial charge >= 0.3 is 0 Å². The van der Waals surface area contributed by atoms with Gasteiger partial charge in [-0.2, -0.15) is 0 Å². The molecule has 1 unspecified atom stereocenters. The summed E-state index contributed by atoms with van der Waals surface area (Å²) in [4.78, 5) is 28.8. The Morgan fingerprint density at radius 3 is 2.00 bits per heavy atom. The second kappa shape index (κ2) is 11.7. The summed E-state index contributed by atoms with van der Waals surface area (Å²) in [6, 6.07) is 32.0. The molecule has 1 atom stereocenters. The van der Waals surface area contributed by atoms with E-state index in [-0.39, 0.29) is 18.4 Å². The van der Waals surface area contributed by atoms with Gasteiger partial charge in [0.2, 0.25) is 11.8 Å². The molecule has 2 amide bonds. The summed E-state index contributed by atoms with van der Waals surface area (Å²) in [6.45, 7) is 0.592. The van der Waals surface area contributed by atoms with Gasteiger partial charge in [0, 0.05) is 13.0 Å². The van der Waals surface area contributed by atoms with Gasteiger partial charge in [0.05, 0.1) is 12.8 Å². The van der Waals surface area contributed by atoms with Crippen molar-refractivity contribution in [3.8, 4) is 0 Å². The third-order valence-corrected chi connectivity index (χ3v) is 5.68. The third-order valence-electron chi connectivity index (χ3n) is 5.68. The Morgan fingerprint density at radius 2 is 1.38 bits per heavy atom. The van der Waals surface area contributed by atoms with Crippen LogP contribution < -0.4 is 5.32 Å². The highest BCUT2D eigenvalue weighted by Gasteiger charge is 2.31. The molecule has 0 aliphatic heterocycles. The second-order valence-electron chi connectivity index (χ2n) is 8.10. The minimum Gasteiger partial charge on any atom is -0.467 e. The number of nitrogens with zero attached hydrogens (tertiary/aromatic N) is 1. The molecule has 5 nitrogen and oxygen atoms in total. The predicted molar refractivity (Wildman–Crippen MR) is 131 cm³/mol. The minimum absolute atomic E-state index is 0.0743. The fourth-order valence-electron chi connectivity index (χ4n) is 3.94. The van der Waals surface area contributed by atoms with E-state index in [1.807, 2.05) is 97.1 Å². The van der Waals surface area contributed by atoms with E-state index in [1.54, 1.807) is 17.2 Å². The number of nitrogens with one attached hydrogen (secondary N) is 1.